The van der Waals surface area contributed by atoms with Crippen molar-refractivity contribution in [1.82, 2.24) is 0 Å². The van der Waals surface area contributed by atoms with E-state index in [0.29, 0.717) is 5.69 Å². The zero-order chi connectivity index (χ0) is 17.7. The number of carbonyl (C=O) groups is 2. The summed E-state index contributed by atoms with van der Waals surface area (Å²) in [5.74, 6) is -2.76. The van der Waals surface area contributed by atoms with Gasteiger partial charge in [-0.1, -0.05) is 59.3 Å². The first-order valence-corrected chi connectivity index (χ1v) is 8.49. The minimum absolute atomic E-state index is 0.135. The molecular weight excluding hydrogens is 370 g/mol. The van der Waals surface area contributed by atoms with E-state index in [0.717, 1.165) is 15.6 Å². The van der Waals surface area contributed by atoms with Crippen LogP contribution in [0.25, 0.3) is 0 Å². The highest BCUT2D eigenvalue weighted by atomic mass is 79.9. The SMILES string of the molecule is Cc1ccc(NC(=O)C[C@@H](C(=O)[O-])[C@@H](C)c2ccccc2)cc1Br. The van der Waals surface area contributed by atoms with E-state index in [1.807, 2.05) is 43.3 Å². The standard InChI is InChI=1S/C19H20BrNO3/c1-12-8-9-15(10-17(12)20)21-18(22)11-16(19(23)24)13(2)14-6-4-3-5-7-14/h3-10,13,16H,11H2,1-2H3,(H,21,22)(H,23,24)/p-1/t13-,16+/m0/s1. The molecule has 24 heavy (non-hydrogen) atoms. The molecule has 0 bridgehead atoms. The third-order valence-corrected chi connectivity index (χ3v) is 4.95. The number of carbonyl (C=O) groups excluding carboxylic acids is 2. The van der Waals surface area contributed by atoms with Gasteiger partial charge in [-0.2, -0.15) is 0 Å². The number of amides is 1. The van der Waals surface area contributed by atoms with Gasteiger partial charge in [0.15, 0.2) is 0 Å². The van der Waals surface area contributed by atoms with E-state index in [1.54, 1.807) is 19.1 Å². The number of aryl methyl sites for hydroxylation is 1. The molecular formula is C19H19BrNO3-. The number of halogens is 1. The summed E-state index contributed by atoms with van der Waals surface area (Å²) < 4.78 is 0.884. The van der Waals surface area contributed by atoms with Crippen molar-refractivity contribution < 1.29 is 14.7 Å². The van der Waals surface area contributed by atoms with Gasteiger partial charge < -0.3 is 15.2 Å². The van der Waals surface area contributed by atoms with E-state index in [2.05, 4.69) is 21.2 Å². The maximum Gasteiger partial charge on any atom is 0.225 e. The molecule has 5 heteroatoms. The van der Waals surface area contributed by atoms with Crippen molar-refractivity contribution in [3.63, 3.8) is 0 Å². The predicted octanol–water partition coefficient (Wildman–Crippen LogP) is 3.26. The van der Waals surface area contributed by atoms with Crippen molar-refractivity contribution in [3.05, 3.63) is 64.1 Å². The number of aliphatic carboxylic acids is 1. The monoisotopic (exact) mass is 388 g/mol. The Bertz CT molecular complexity index is 731. The first-order valence-electron chi connectivity index (χ1n) is 7.70. The van der Waals surface area contributed by atoms with Gasteiger partial charge in [0.2, 0.25) is 5.91 Å². The first-order chi connectivity index (χ1) is 11.4. The second-order valence-electron chi connectivity index (χ2n) is 5.84. The highest BCUT2D eigenvalue weighted by Crippen LogP contribution is 2.27. The molecule has 0 aliphatic heterocycles. The molecule has 0 radical (unpaired) electrons. The number of hydrogen-bond donors (Lipinski definition) is 1. The third kappa shape index (κ3) is 4.68. The maximum atomic E-state index is 12.2. The summed E-state index contributed by atoms with van der Waals surface area (Å²) >= 11 is 3.41. The molecule has 126 valence electrons. The Balaban J connectivity index is 2.08. The summed E-state index contributed by atoms with van der Waals surface area (Å²) in [6.07, 6.45) is -0.135. The quantitative estimate of drug-likeness (QED) is 0.825. The highest BCUT2D eigenvalue weighted by molar-refractivity contribution is 9.10. The van der Waals surface area contributed by atoms with Crippen LogP contribution in [0.2, 0.25) is 0 Å². The molecule has 1 N–H and O–H groups in total. The van der Waals surface area contributed by atoms with Crippen LogP contribution < -0.4 is 10.4 Å². The topological polar surface area (TPSA) is 69.2 Å². The molecule has 0 saturated carbocycles. The zero-order valence-electron chi connectivity index (χ0n) is 13.6. The Morgan fingerprint density at radius 3 is 2.42 bits per heavy atom. The average molecular weight is 389 g/mol. The zero-order valence-corrected chi connectivity index (χ0v) is 15.2. The lowest BCUT2D eigenvalue weighted by atomic mass is 9.85. The molecule has 0 aliphatic rings. The molecule has 0 aromatic heterocycles. The Labute approximate surface area is 150 Å². The number of rotatable bonds is 6. The molecule has 2 aromatic rings. The highest BCUT2D eigenvalue weighted by Gasteiger charge is 2.23. The molecule has 0 saturated heterocycles. The van der Waals surface area contributed by atoms with Crippen LogP contribution in [-0.4, -0.2) is 11.9 Å². The molecule has 0 aliphatic carbocycles. The van der Waals surface area contributed by atoms with Gasteiger partial charge in [-0.25, -0.2) is 0 Å². The Morgan fingerprint density at radius 1 is 1.17 bits per heavy atom. The number of hydrogen-bond acceptors (Lipinski definition) is 3. The van der Waals surface area contributed by atoms with Crippen molar-refractivity contribution in [3.8, 4) is 0 Å². The van der Waals surface area contributed by atoms with Gasteiger partial charge in [0.25, 0.3) is 0 Å². The summed E-state index contributed by atoms with van der Waals surface area (Å²) in [5, 5.41) is 14.2. The predicted molar refractivity (Wildman–Crippen MR) is 95.5 cm³/mol. The minimum Gasteiger partial charge on any atom is -0.550 e. The van der Waals surface area contributed by atoms with E-state index in [9.17, 15) is 14.7 Å². The van der Waals surface area contributed by atoms with Crippen molar-refractivity contribution in [1.29, 1.82) is 0 Å². The summed E-state index contributed by atoms with van der Waals surface area (Å²) in [4.78, 5) is 23.7. The molecule has 0 unspecified atom stereocenters. The Morgan fingerprint density at radius 2 is 1.83 bits per heavy atom. The van der Waals surface area contributed by atoms with E-state index in [1.165, 1.54) is 0 Å². The van der Waals surface area contributed by atoms with Crippen molar-refractivity contribution in [2.45, 2.75) is 26.2 Å². The van der Waals surface area contributed by atoms with Crippen molar-refractivity contribution >= 4 is 33.5 Å². The van der Waals surface area contributed by atoms with Gasteiger partial charge in [0, 0.05) is 28.5 Å². The number of anilines is 1. The fourth-order valence-electron chi connectivity index (χ4n) is 2.54. The lowest BCUT2D eigenvalue weighted by molar-refractivity contribution is -0.312. The maximum absolute atomic E-state index is 12.2. The van der Waals surface area contributed by atoms with Crippen LogP contribution in [0.15, 0.2) is 53.0 Å². The normalized spacial score (nSPS) is 13.1. The number of carboxylic acid groups (broad SMARTS) is 1. The molecule has 2 rings (SSSR count). The molecule has 2 atom stereocenters. The lowest BCUT2D eigenvalue weighted by Gasteiger charge is -2.25. The van der Waals surface area contributed by atoms with E-state index >= 15 is 0 Å². The minimum atomic E-state index is -1.22. The van der Waals surface area contributed by atoms with Crippen LogP contribution in [0.4, 0.5) is 5.69 Å². The Hall–Kier alpha value is -2.14. The van der Waals surface area contributed by atoms with E-state index in [4.69, 9.17) is 0 Å². The van der Waals surface area contributed by atoms with Gasteiger partial charge in [-0.05, 0) is 36.1 Å². The molecule has 0 fully saturated rings. The molecule has 0 spiro atoms. The van der Waals surface area contributed by atoms with Crippen LogP contribution in [-0.2, 0) is 9.59 Å². The van der Waals surface area contributed by atoms with Gasteiger partial charge in [-0.15, -0.1) is 0 Å². The fraction of sp³-hybridized carbons (Fsp3) is 0.263. The van der Waals surface area contributed by atoms with Gasteiger partial charge in [0.05, 0.1) is 0 Å². The first kappa shape index (κ1) is 18.2. The molecule has 0 heterocycles. The smallest absolute Gasteiger partial charge is 0.225 e. The van der Waals surface area contributed by atoms with E-state index < -0.39 is 11.9 Å². The summed E-state index contributed by atoms with van der Waals surface area (Å²) in [7, 11) is 0. The van der Waals surface area contributed by atoms with Gasteiger partial charge in [0.1, 0.15) is 0 Å². The molecule has 4 nitrogen and oxygen atoms in total. The van der Waals surface area contributed by atoms with Crippen molar-refractivity contribution in [2.75, 3.05) is 5.32 Å². The van der Waals surface area contributed by atoms with E-state index in [-0.39, 0.29) is 18.2 Å². The van der Waals surface area contributed by atoms with Crippen molar-refractivity contribution in [2.24, 2.45) is 5.92 Å². The second-order valence-corrected chi connectivity index (χ2v) is 6.70. The van der Waals surface area contributed by atoms with Crippen LogP contribution in [0.3, 0.4) is 0 Å². The van der Waals surface area contributed by atoms with Crippen LogP contribution in [0.5, 0.6) is 0 Å². The van der Waals surface area contributed by atoms with Crippen LogP contribution in [0, 0.1) is 12.8 Å². The summed E-state index contributed by atoms with van der Waals surface area (Å²) in [6, 6.07) is 14.7. The fourth-order valence-corrected chi connectivity index (χ4v) is 2.91. The number of carboxylic acids is 1. The van der Waals surface area contributed by atoms with Gasteiger partial charge >= 0.3 is 0 Å². The molecule has 1 amide bonds. The number of benzene rings is 2. The van der Waals surface area contributed by atoms with Crippen LogP contribution in [0.1, 0.15) is 30.4 Å². The Kier molecular flexibility index (Phi) is 6.15. The molecule has 2 aromatic carbocycles. The largest absolute Gasteiger partial charge is 0.550 e. The second kappa shape index (κ2) is 8.11. The summed E-state index contributed by atoms with van der Waals surface area (Å²) in [6.45, 7) is 3.74. The average Bonchev–Trinajstić information content (AvgIpc) is 2.56. The number of nitrogens with one attached hydrogen (secondary N) is 1. The third-order valence-electron chi connectivity index (χ3n) is 4.09. The van der Waals surface area contributed by atoms with Crippen LogP contribution >= 0.6 is 15.9 Å². The van der Waals surface area contributed by atoms with Gasteiger partial charge in [-0.3, -0.25) is 4.79 Å². The lowest BCUT2D eigenvalue weighted by Crippen LogP contribution is -2.36. The summed E-state index contributed by atoms with van der Waals surface area (Å²) in [5.41, 5.74) is 2.55.